The topological polar surface area (TPSA) is 44.7 Å². The van der Waals surface area contributed by atoms with Crippen LogP contribution in [0.1, 0.15) is 35.6 Å². The van der Waals surface area contributed by atoms with Gasteiger partial charge >= 0.3 is 12.4 Å². The normalized spacial score (nSPS) is 17.8. The summed E-state index contributed by atoms with van der Waals surface area (Å²) in [6.45, 7) is 1.77. The Labute approximate surface area is 153 Å². The zero-order valence-electron chi connectivity index (χ0n) is 14.8. The summed E-state index contributed by atoms with van der Waals surface area (Å²) < 4.78 is 85.3. The van der Waals surface area contributed by atoms with Gasteiger partial charge in [-0.25, -0.2) is 0 Å². The zero-order chi connectivity index (χ0) is 20.2. The van der Waals surface area contributed by atoms with Gasteiger partial charge in [0.05, 0.1) is 18.2 Å². The standard InChI is InChI=1S/C17H22F6N2O2/c1-27-14-10-11(16(18,19)20)9-12(17(21,22)23)15(14)13(3-2-8-26)25-6-4-24-5-7-25/h9-10,13,24,26H,2-8H2,1H3/t13-/m0/s1. The van der Waals surface area contributed by atoms with E-state index in [1.54, 1.807) is 4.90 Å². The number of methoxy groups -OCH3 is 1. The molecule has 0 aromatic heterocycles. The summed E-state index contributed by atoms with van der Waals surface area (Å²) in [6, 6.07) is -0.0573. The number of benzene rings is 1. The molecule has 0 saturated carbocycles. The second-order valence-electron chi connectivity index (χ2n) is 6.30. The van der Waals surface area contributed by atoms with Crippen molar-refractivity contribution in [2.24, 2.45) is 0 Å². The van der Waals surface area contributed by atoms with Crippen LogP contribution < -0.4 is 10.1 Å². The van der Waals surface area contributed by atoms with E-state index in [1.807, 2.05) is 0 Å². The summed E-state index contributed by atoms with van der Waals surface area (Å²) in [5, 5.41) is 12.2. The number of ether oxygens (including phenoxy) is 1. The largest absolute Gasteiger partial charge is 0.496 e. The molecular weight excluding hydrogens is 378 g/mol. The van der Waals surface area contributed by atoms with E-state index in [9.17, 15) is 26.3 Å². The molecule has 4 nitrogen and oxygen atoms in total. The maximum atomic E-state index is 13.7. The number of aliphatic hydroxyl groups excluding tert-OH is 1. The van der Waals surface area contributed by atoms with Crippen LogP contribution in [0.3, 0.4) is 0 Å². The summed E-state index contributed by atoms with van der Waals surface area (Å²) in [5.74, 6) is -0.446. The molecule has 0 bridgehead atoms. The number of alkyl halides is 6. The summed E-state index contributed by atoms with van der Waals surface area (Å²) in [6.07, 6.45) is -9.52. The molecule has 10 heteroatoms. The molecule has 1 heterocycles. The molecule has 2 N–H and O–H groups in total. The Kier molecular flexibility index (Phi) is 6.98. The first-order valence-electron chi connectivity index (χ1n) is 8.51. The number of hydrogen-bond donors (Lipinski definition) is 2. The zero-order valence-corrected chi connectivity index (χ0v) is 14.8. The van der Waals surface area contributed by atoms with Crippen molar-refractivity contribution in [3.8, 4) is 5.75 Å². The highest BCUT2D eigenvalue weighted by atomic mass is 19.4. The fraction of sp³-hybridized carbons (Fsp3) is 0.647. The van der Waals surface area contributed by atoms with Gasteiger partial charge in [0.15, 0.2) is 0 Å². The van der Waals surface area contributed by atoms with E-state index in [1.165, 1.54) is 0 Å². The third-order valence-electron chi connectivity index (χ3n) is 4.56. The average molecular weight is 400 g/mol. The van der Waals surface area contributed by atoms with Crippen LogP contribution in [-0.4, -0.2) is 49.9 Å². The van der Waals surface area contributed by atoms with Crippen LogP contribution in [0.2, 0.25) is 0 Å². The van der Waals surface area contributed by atoms with Gasteiger partial charge in [-0.3, -0.25) is 4.90 Å². The Morgan fingerprint density at radius 1 is 1.11 bits per heavy atom. The molecule has 1 aliphatic heterocycles. The summed E-state index contributed by atoms with van der Waals surface area (Å²) in [5.41, 5.74) is -3.07. The SMILES string of the molecule is COc1cc(C(F)(F)F)cc(C(F)(F)F)c1[C@H](CCCO)N1CCNCC1. The van der Waals surface area contributed by atoms with E-state index in [0.717, 1.165) is 7.11 Å². The molecule has 154 valence electrons. The highest BCUT2D eigenvalue weighted by Gasteiger charge is 2.42. The molecule has 1 aromatic carbocycles. The molecule has 0 aliphatic carbocycles. The average Bonchev–Trinajstić information content (AvgIpc) is 2.61. The maximum absolute atomic E-state index is 13.7. The Hall–Kier alpha value is -1.52. The Bertz CT molecular complexity index is 627. The minimum atomic E-state index is -4.98. The number of nitrogens with one attached hydrogen (secondary N) is 1. The van der Waals surface area contributed by atoms with Gasteiger partial charge in [0.1, 0.15) is 5.75 Å². The van der Waals surface area contributed by atoms with E-state index in [2.05, 4.69) is 5.32 Å². The van der Waals surface area contributed by atoms with Gasteiger partial charge in [0.2, 0.25) is 0 Å². The lowest BCUT2D eigenvalue weighted by Crippen LogP contribution is -2.45. The van der Waals surface area contributed by atoms with E-state index in [4.69, 9.17) is 9.84 Å². The van der Waals surface area contributed by atoms with E-state index in [0.29, 0.717) is 32.2 Å². The van der Waals surface area contributed by atoms with Crippen LogP contribution in [0.4, 0.5) is 26.3 Å². The monoisotopic (exact) mass is 400 g/mol. The van der Waals surface area contributed by atoms with Crippen LogP contribution in [0, 0.1) is 0 Å². The Morgan fingerprint density at radius 3 is 2.22 bits per heavy atom. The Morgan fingerprint density at radius 2 is 1.74 bits per heavy atom. The summed E-state index contributed by atoms with van der Waals surface area (Å²) >= 11 is 0. The lowest BCUT2D eigenvalue weighted by atomic mass is 9.91. The lowest BCUT2D eigenvalue weighted by molar-refractivity contribution is -0.144. The summed E-state index contributed by atoms with van der Waals surface area (Å²) in [4.78, 5) is 1.78. The highest BCUT2D eigenvalue weighted by Crippen LogP contribution is 2.46. The van der Waals surface area contributed by atoms with Gasteiger partial charge in [0, 0.05) is 44.4 Å². The second kappa shape index (κ2) is 8.66. The van der Waals surface area contributed by atoms with Gasteiger partial charge in [-0.05, 0) is 25.0 Å². The van der Waals surface area contributed by atoms with Crippen molar-refractivity contribution in [2.75, 3.05) is 39.9 Å². The van der Waals surface area contributed by atoms with Crippen LogP contribution in [-0.2, 0) is 12.4 Å². The molecule has 2 rings (SSSR count). The molecule has 1 saturated heterocycles. The van der Waals surface area contributed by atoms with Crippen molar-refractivity contribution < 1.29 is 36.2 Å². The molecule has 1 aromatic rings. The number of hydrogen-bond acceptors (Lipinski definition) is 4. The van der Waals surface area contributed by atoms with Gasteiger partial charge < -0.3 is 15.2 Å². The van der Waals surface area contributed by atoms with Crippen molar-refractivity contribution in [1.82, 2.24) is 10.2 Å². The first-order chi connectivity index (χ1) is 12.6. The molecule has 0 radical (unpaired) electrons. The quantitative estimate of drug-likeness (QED) is 0.718. The first kappa shape index (κ1) is 21.8. The van der Waals surface area contributed by atoms with Crippen LogP contribution in [0.15, 0.2) is 12.1 Å². The number of halogens is 6. The van der Waals surface area contributed by atoms with Crippen molar-refractivity contribution >= 4 is 0 Å². The smallest absolute Gasteiger partial charge is 0.416 e. The van der Waals surface area contributed by atoms with E-state index >= 15 is 0 Å². The second-order valence-corrected chi connectivity index (χ2v) is 6.30. The third-order valence-corrected chi connectivity index (χ3v) is 4.56. The van der Waals surface area contributed by atoms with Crippen molar-refractivity contribution in [1.29, 1.82) is 0 Å². The fourth-order valence-corrected chi connectivity index (χ4v) is 3.33. The van der Waals surface area contributed by atoms with Crippen molar-refractivity contribution in [2.45, 2.75) is 31.2 Å². The first-order valence-corrected chi connectivity index (χ1v) is 8.51. The predicted octanol–water partition coefficient (Wildman–Crippen LogP) is 3.45. The lowest BCUT2D eigenvalue weighted by Gasteiger charge is -2.37. The van der Waals surface area contributed by atoms with Gasteiger partial charge in [0.25, 0.3) is 0 Å². The maximum Gasteiger partial charge on any atom is 0.416 e. The van der Waals surface area contributed by atoms with Gasteiger partial charge in [-0.1, -0.05) is 0 Å². The minimum absolute atomic E-state index is 0.145. The number of nitrogens with zero attached hydrogens (tertiary/aromatic N) is 1. The molecule has 0 spiro atoms. The van der Waals surface area contributed by atoms with Crippen LogP contribution in [0.5, 0.6) is 5.75 Å². The molecule has 27 heavy (non-hydrogen) atoms. The Balaban J connectivity index is 2.64. The fourth-order valence-electron chi connectivity index (χ4n) is 3.33. The third kappa shape index (κ3) is 5.26. The van der Waals surface area contributed by atoms with Crippen molar-refractivity contribution in [3.63, 3.8) is 0 Å². The van der Waals surface area contributed by atoms with Crippen LogP contribution in [0.25, 0.3) is 0 Å². The summed E-state index contributed by atoms with van der Waals surface area (Å²) in [7, 11) is 1.06. The molecule has 1 aliphatic rings. The van der Waals surface area contributed by atoms with Crippen molar-refractivity contribution in [3.05, 3.63) is 28.8 Å². The van der Waals surface area contributed by atoms with Crippen LogP contribution >= 0.6 is 0 Å². The molecule has 0 amide bonds. The molecule has 1 fully saturated rings. The highest BCUT2D eigenvalue weighted by molar-refractivity contribution is 5.48. The predicted molar refractivity (Wildman–Crippen MR) is 86.5 cm³/mol. The van der Waals surface area contributed by atoms with E-state index in [-0.39, 0.29) is 31.1 Å². The molecule has 0 unspecified atom stereocenters. The molecular formula is C17H22F6N2O2. The number of aliphatic hydroxyl groups is 1. The molecule has 1 atom stereocenters. The van der Waals surface area contributed by atoms with E-state index < -0.39 is 35.3 Å². The minimum Gasteiger partial charge on any atom is -0.496 e. The number of piperazine rings is 1. The number of rotatable bonds is 6. The van der Waals surface area contributed by atoms with Gasteiger partial charge in [-0.2, -0.15) is 26.3 Å². The van der Waals surface area contributed by atoms with Gasteiger partial charge in [-0.15, -0.1) is 0 Å².